The first kappa shape index (κ1) is 23.6. The molecule has 33 heavy (non-hydrogen) atoms. The molecule has 0 unspecified atom stereocenters. The number of halogens is 4. The van der Waals surface area contributed by atoms with Crippen LogP contribution in [0.2, 0.25) is 5.02 Å². The number of rotatable bonds is 4. The highest BCUT2D eigenvalue weighted by Gasteiger charge is 2.59. The van der Waals surface area contributed by atoms with Gasteiger partial charge in [0.2, 0.25) is 0 Å². The number of nitrogens with zero attached hydrogens (tertiary/aromatic N) is 4. The summed E-state index contributed by atoms with van der Waals surface area (Å²) in [4.78, 5) is 21.4. The van der Waals surface area contributed by atoms with Crippen molar-refractivity contribution >= 4 is 39.3 Å². The second-order valence-corrected chi connectivity index (χ2v) is 12.4. The summed E-state index contributed by atoms with van der Waals surface area (Å²) in [6.45, 7) is 1.98. The molecule has 0 spiro atoms. The van der Waals surface area contributed by atoms with Crippen LogP contribution in [0.3, 0.4) is 0 Å². The largest absolute Gasteiger partial charge is 0.386 e. The summed E-state index contributed by atoms with van der Waals surface area (Å²) in [5.41, 5.74) is 3.88. The van der Waals surface area contributed by atoms with Crippen LogP contribution < -0.4 is 15.4 Å². The minimum atomic E-state index is -3.33. The van der Waals surface area contributed by atoms with E-state index >= 15 is 4.39 Å². The molecule has 0 saturated carbocycles. The van der Waals surface area contributed by atoms with E-state index < -0.39 is 55.4 Å². The number of fused-ring (bicyclic) bond motifs is 1. The average molecular weight is 506 g/mol. The lowest BCUT2D eigenvalue weighted by Gasteiger charge is -2.50. The normalized spacial score (nSPS) is 26.5. The van der Waals surface area contributed by atoms with E-state index in [4.69, 9.17) is 17.3 Å². The fourth-order valence-electron chi connectivity index (χ4n) is 4.48. The highest BCUT2D eigenvalue weighted by molar-refractivity contribution is 8.04. The van der Waals surface area contributed by atoms with Crippen molar-refractivity contribution in [3.05, 3.63) is 40.6 Å². The molecule has 1 saturated heterocycles. The number of carbonyl (C=O) groups excluding carboxylic acids is 1. The Morgan fingerprint density at radius 2 is 2.06 bits per heavy atom. The fraction of sp³-hybridized carbons (Fsp3) is 0.474. The van der Waals surface area contributed by atoms with Crippen molar-refractivity contribution in [1.82, 2.24) is 19.9 Å². The zero-order valence-electron chi connectivity index (χ0n) is 17.9. The minimum absolute atomic E-state index is 0.0377. The average Bonchev–Trinajstić information content (AvgIpc) is 3.35. The van der Waals surface area contributed by atoms with Gasteiger partial charge in [-0.25, -0.2) is 14.3 Å². The molecule has 9 nitrogen and oxygen atoms in total. The minimum Gasteiger partial charge on any atom is -0.386 e. The van der Waals surface area contributed by atoms with Crippen molar-refractivity contribution in [3.63, 3.8) is 0 Å². The van der Waals surface area contributed by atoms with Crippen molar-refractivity contribution in [2.75, 3.05) is 11.4 Å². The number of nitrogens with two attached hydrogens (primary N) is 1. The van der Waals surface area contributed by atoms with Gasteiger partial charge in [0.25, 0.3) is 5.91 Å². The second kappa shape index (κ2) is 7.77. The van der Waals surface area contributed by atoms with Gasteiger partial charge < -0.3 is 5.73 Å². The molecule has 0 bridgehead atoms. The lowest BCUT2D eigenvalue weighted by molar-refractivity contribution is 0.0830. The van der Waals surface area contributed by atoms with E-state index in [1.165, 1.54) is 6.92 Å². The Hall–Kier alpha value is -2.51. The molecule has 0 aromatic carbocycles. The summed E-state index contributed by atoms with van der Waals surface area (Å²) in [6.07, 6.45) is 1.55. The number of nitrogens with one attached hydrogen (secondary N) is 2. The first-order valence-electron chi connectivity index (χ1n) is 10.0. The SMILES string of the molecule is CC1(C)C(N)=N[C@](C)(c2nc(N(C(=O)c3n[nH]cc3Cl)C(F)F)ccc2F)[C@@H]2CCN[SH]21=O. The molecule has 2 atom stereocenters. The topological polar surface area (TPSA) is 129 Å². The van der Waals surface area contributed by atoms with Crippen molar-refractivity contribution < 1.29 is 22.2 Å². The number of amides is 1. The zero-order valence-corrected chi connectivity index (χ0v) is 19.6. The Morgan fingerprint density at radius 3 is 2.67 bits per heavy atom. The molecule has 14 heteroatoms. The number of anilines is 1. The van der Waals surface area contributed by atoms with Crippen LogP contribution in [-0.2, 0) is 15.7 Å². The molecule has 1 fully saturated rings. The molecule has 180 valence electrons. The number of H-pyrrole nitrogens is 1. The van der Waals surface area contributed by atoms with Crippen LogP contribution in [0.15, 0.2) is 23.3 Å². The van der Waals surface area contributed by atoms with E-state index in [1.807, 2.05) is 0 Å². The van der Waals surface area contributed by atoms with Crippen LogP contribution in [0, 0.1) is 5.82 Å². The van der Waals surface area contributed by atoms with E-state index in [-0.39, 0.29) is 21.5 Å². The number of hydrogen-bond acceptors (Lipinski definition) is 6. The van der Waals surface area contributed by atoms with Crippen LogP contribution in [0.4, 0.5) is 19.0 Å². The smallest absolute Gasteiger partial charge is 0.323 e. The molecule has 0 aliphatic carbocycles. The van der Waals surface area contributed by atoms with E-state index in [1.54, 1.807) is 13.8 Å². The number of thiol groups is 1. The summed E-state index contributed by atoms with van der Waals surface area (Å²) in [6, 6.07) is 1.86. The van der Waals surface area contributed by atoms with Gasteiger partial charge in [0.05, 0.1) is 15.0 Å². The molecule has 2 aliphatic heterocycles. The van der Waals surface area contributed by atoms with E-state index in [0.29, 0.717) is 13.0 Å². The Morgan fingerprint density at radius 1 is 1.36 bits per heavy atom. The quantitative estimate of drug-likeness (QED) is 0.373. The van der Waals surface area contributed by atoms with Gasteiger partial charge in [0.15, 0.2) is 5.69 Å². The van der Waals surface area contributed by atoms with Gasteiger partial charge in [-0.05, 0) is 49.4 Å². The first-order chi connectivity index (χ1) is 15.3. The third-order valence-corrected chi connectivity index (χ3v) is 10.9. The van der Waals surface area contributed by atoms with Crippen LogP contribution in [0.1, 0.15) is 43.4 Å². The van der Waals surface area contributed by atoms with Gasteiger partial charge in [-0.15, -0.1) is 0 Å². The number of pyridine rings is 1. The number of aliphatic imine (C=N–C) groups is 1. The fourth-order valence-corrected chi connectivity index (χ4v) is 8.28. The predicted molar refractivity (Wildman–Crippen MR) is 120 cm³/mol. The lowest BCUT2D eigenvalue weighted by Crippen LogP contribution is -2.64. The second-order valence-electron chi connectivity index (χ2n) is 8.61. The van der Waals surface area contributed by atoms with Gasteiger partial charge in [-0.2, -0.15) is 13.9 Å². The highest BCUT2D eigenvalue weighted by atomic mass is 35.5. The Kier molecular flexibility index (Phi) is 5.57. The number of hydrogen-bond donors (Lipinski definition) is 4. The third kappa shape index (κ3) is 3.36. The molecular weight excluding hydrogens is 483 g/mol. The number of amidine groups is 1. The maximum atomic E-state index is 15.1. The van der Waals surface area contributed by atoms with Crippen molar-refractivity contribution in [2.24, 2.45) is 10.7 Å². The summed E-state index contributed by atoms with van der Waals surface area (Å²) in [5.74, 6) is -2.58. The van der Waals surface area contributed by atoms with Crippen molar-refractivity contribution in [2.45, 2.75) is 49.3 Å². The van der Waals surface area contributed by atoms with Gasteiger partial charge in [0.1, 0.15) is 28.7 Å². The Bertz CT molecular complexity index is 1200. The molecule has 4 heterocycles. The monoisotopic (exact) mass is 505 g/mol. The maximum Gasteiger partial charge on any atom is 0.323 e. The molecule has 4 N–H and O–H groups in total. The summed E-state index contributed by atoms with van der Waals surface area (Å²) in [7, 11) is -3.24. The van der Waals surface area contributed by atoms with Crippen LogP contribution >= 0.6 is 11.6 Å². The maximum absolute atomic E-state index is 15.1. The number of aromatic nitrogens is 3. The third-order valence-electron chi connectivity index (χ3n) is 6.43. The van der Waals surface area contributed by atoms with Gasteiger partial charge >= 0.3 is 6.55 Å². The highest BCUT2D eigenvalue weighted by Crippen LogP contribution is 2.48. The summed E-state index contributed by atoms with van der Waals surface area (Å²) < 4.78 is 59.0. The van der Waals surface area contributed by atoms with Crippen molar-refractivity contribution in [1.29, 1.82) is 0 Å². The molecule has 0 radical (unpaired) electrons. The van der Waals surface area contributed by atoms with Crippen molar-refractivity contribution in [3.8, 4) is 0 Å². The summed E-state index contributed by atoms with van der Waals surface area (Å²) >= 11 is 5.85. The van der Waals surface area contributed by atoms with Gasteiger partial charge in [-0.3, -0.25) is 23.8 Å². The number of carbonyl (C=O) groups is 1. The molecule has 2 aromatic heterocycles. The van der Waals surface area contributed by atoms with Crippen LogP contribution in [0.5, 0.6) is 0 Å². The Labute approximate surface area is 193 Å². The van der Waals surface area contributed by atoms with Crippen LogP contribution in [0.25, 0.3) is 0 Å². The Balaban J connectivity index is 1.87. The number of alkyl halides is 2. The standard InChI is InChI=1S/C19H23ClF3N7O2S/c1-18(2)16(24)28-19(3,11-6-7-26-33(11,18)32)14-10(21)4-5-12(27-14)30(17(22)23)15(31)13-9(20)8-25-29-13/h4-5,8,11,17,33H,6-7H2,1-3H3,(H2,24,28)(H,25,29)(H,26,32)/t11-,19-/m0/s1. The molecule has 1 amide bonds. The predicted octanol–water partition coefficient (Wildman–Crippen LogP) is 2.12. The van der Waals surface area contributed by atoms with Gasteiger partial charge in [0, 0.05) is 12.7 Å². The molecule has 4 rings (SSSR count). The lowest BCUT2D eigenvalue weighted by atomic mass is 9.89. The van der Waals surface area contributed by atoms with E-state index in [2.05, 4.69) is 24.9 Å². The molecular formula is C19H23ClF3N7O2S. The molecule has 2 aliphatic rings. The first-order valence-corrected chi connectivity index (χ1v) is 12.2. The number of aromatic amines is 1. The molecule has 2 aromatic rings. The summed E-state index contributed by atoms with van der Waals surface area (Å²) in [5, 5.41) is 5.08. The van der Waals surface area contributed by atoms with Crippen LogP contribution in [-0.4, -0.2) is 54.2 Å². The van der Waals surface area contributed by atoms with E-state index in [0.717, 1.165) is 18.3 Å². The zero-order chi connectivity index (χ0) is 24.3. The van der Waals surface area contributed by atoms with Gasteiger partial charge in [-0.1, -0.05) is 11.6 Å². The van der Waals surface area contributed by atoms with E-state index in [9.17, 15) is 17.8 Å².